The van der Waals surface area contributed by atoms with Gasteiger partial charge in [-0.25, -0.2) is 5.43 Å². The highest BCUT2D eigenvalue weighted by Crippen LogP contribution is 2.26. The maximum atomic E-state index is 13.1. The van der Waals surface area contributed by atoms with E-state index in [-0.39, 0.29) is 23.8 Å². The maximum absolute atomic E-state index is 13.1. The number of amidine groups is 1. The smallest absolute Gasteiger partial charge is 0.251 e. The van der Waals surface area contributed by atoms with Gasteiger partial charge in [-0.1, -0.05) is 59.7 Å². The van der Waals surface area contributed by atoms with Gasteiger partial charge in [-0.3, -0.25) is 14.4 Å². The summed E-state index contributed by atoms with van der Waals surface area (Å²) in [7, 11) is 0. The van der Waals surface area contributed by atoms with Crippen LogP contribution in [-0.2, 0) is 4.79 Å². The number of aryl methyl sites for hydroxylation is 2. The molecule has 0 fully saturated rings. The number of carbonyl (C=O) groups is 3. The Morgan fingerprint density at radius 3 is 2.00 bits per heavy atom. The second-order valence-electron chi connectivity index (χ2n) is 6.82. The van der Waals surface area contributed by atoms with E-state index in [0.717, 1.165) is 11.1 Å². The van der Waals surface area contributed by atoms with E-state index in [1.165, 1.54) is 0 Å². The van der Waals surface area contributed by atoms with E-state index in [2.05, 4.69) is 10.5 Å². The van der Waals surface area contributed by atoms with Crippen LogP contribution in [0, 0.1) is 25.7 Å². The van der Waals surface area contributed by atoms with Crippen molar-refractivity contribution in [3.8, 4) is 0 Å². The minimum Gasteiger partial charge on any atom is -0.385 e. The van der Waals surface area contributed by atoms with E-state index in [4.69, 9.17) is 5.73 Å². The Balaban J connectivity index is 1.92. The van der Waals surface area contributed by atoms with Crippen molar-refractivity contribution in [1.82, 2.24) is 5.43 Å². The lowest BCUT2D eigenvalue weighted by Crippen LogP contribution is -2.39. The fourth-order valence-corrected chi connectivity index (χ4v) is 3.13. The van der Waals surface area contributed by atoms with Crippen molar-refractivity contribution < 1.29 is 14.4 Å². The lowest BCUT2D eigenvalue weighted by molar-refractivity contribution is -0.122. The van der Waals surface area contributed by atoms with E-state index in [1.807, 2.05) is 38.1 Å². The summed E-state index contributed by atoms with van der Waals surface area (Å²) in [5.41, 5.74) is 11.1. The summed E-state index contributed by atoms with van der Waals surface area (Å²) in [4.78, 5) is 38.1. The van der Waals surface area contributed by atoms with E-state index in [1.54, 1.807) is 24.3 Å². The number of ketones is 2. The molecule has 27 heavy (non-hydrogen) atoms. The number of hydrogen-bond donors (Lipinski definition) is 2. The van der Waals surface area contributed by atoms with Crippen LogP contribution in [0.2, 0.25) is 0 Å². The van der Waals surface area contributed by atoms with Crippen LogP contribution >= 0.6 is 0 Å². The summed E-state index contributed by atoms with van der Waals surface area (Å²) in [6.07, 6.45) is -0.121. The molecule has 1 heterocycles. The average Bonchev–Trinajstić information content (AvgIpc) is 2.98. The van der Waals surface area contributed by atoms with Crippen LogP contribution in [0.4, 0.5) is 0 Å². The summed E-state index contributed by atoms with van der Waals surface area (Å²) in [6, 6.07) is 14.1. The minimum absolute atomic E-state index is 0.0298. The van der Waals surface area contributed by atoms with E-state index in [9.17, 15) is 14.4 Å². The third-order valence-electron chi connectivity index (χ3n) is 4.75. The molecule has 0 aliphatic carbocycles. The number of nitrogens with zero attached hydrogens (tertiary/aromatic N) is 1. The van der Waals surface area contributed by atoms with E-state index < -0.39 is 17.7 Å². The third kappa shape index (κ3) is 3.95. The number of nitrogens with one attached hydrogen (secondary N) is 1. The van der Waals surface area contributed by atoms with Crippen molar-refractivity contribution in [2.45, 2.75) is 20.3 Å². The second kappa shape index (κ2) is 7.53. The predicted octanol–water partition coefficient (Wildman–Crippen LogP) is 2.39. The Labute approximate surface area is 157 Å². The first-order valence-corrected chi connectivity index (χ1v) is 8.70. The number of hydrogen-bond acceptors (Lipinski definition) is 5. The first kappa shape index (κ1) is 18.5. The van der Waals surface area contributed by atoms with Gasteiger partial charge < -0.3 is 5.73 Å². The van der Waals surface area contributed by atoms with Gasteiger partial charge in [-0.2, -0.15) is 5.10 Å². The normalized spacial score (nSPS) is 17.2. The zero-order valence-electron chi connectivity index (χ0n) is 15.2. The Hall–Kier alpha value is -3.28. The molecular formula is C21H21N3O3. The molecule has 0 saturated heterocycles. The van der Waals surface area contributed by atoms with Crippen LogP contribution in [0.25, 0.3) is 0 Å². The Morgan fingerprint density at radius 2 is 1.52 bits per heavy atom. The van der Waals surface area contributed by atoms with Gasteiger partial charge in [-0.05, 0) is 13.8 Å². The molecule has 2 unspecified atom stereocenters. The molecule has 2 aromatic rings. The highest BCUT2D eigenvalue weighted by atomic mass is 16.2. The Kier molecular flexibility index (Phi) is 5.16. The van der Waals surface area contributed by atoms with Gasteiger partial charge in [0.15, 0.2) is 11.6 Å². The largest absolute Gasteiger partial charge is 0.385 e. The number of rotatable bonds is 6. The Morgan fingerprint density at radius 1 is 1.00 bits per heavy atom. The van der Waals surface area contributed by atoms with Crippen LogP contribution in [0.5, 0.6) is 0 Å². The number of Topliss-reactive ketones (excluding diaryl/α,β-unsaturated/α-hetero) is 2. The zero-order valence-corrected chi connectivity index (χ0v) is 15.2. The minimum atomic E-state index is -0.951. The van der Waals surface area contributed by atoms with Crippen molar-refractivity contribution in [3.63, 3.8) is 0 Å². The lowest BCUT2D eigenvalue weighted by Gasteiger charge is -2.20. The predicted molar refractivity (Wildman–Crippen MR) is 102 cm³/mol. The van der Waals surface area contributed by atoms with Gasteiger partial charge in [0.1, 0.15) is 11.8 Å². The van der Waals surface area contributed by atoms with E-state index in [0.29, 0.717) is 11.1 Å². The summed E-state index contributed by atoms with van der Waals surface area (Å²) in [5.74, 6) is -2.80. The molecule has 3 N–H and O–H groups in total. The molecular weight excluding hydrogens is 342 g/mol. The summed E-state index contributed by atoms with van der Waals surface area (Å²) < 4.78 is 0. The number of hydrazone groups is 1. The monoisotopic (exact) mass is 363 g/mol. The van der Waals surface area contributed by atoms with Gasteiger partial charge in [-0.15, -0.1) is 0 Å². The highest BCUT2D eigenvalue weighted by Gasteiger charge is 2.41. The molecule has 1 aliphatic rings. The fraction of sp³-hybridized carbons (Fsp3) is 0.238. The van der Waals surface area contributed by atoms with Crippen molar-refractivity contribution in [2.75, 3.05) is 0 Å². The fourth-order valence-electron chi connectivity index (χ4n) is 3.13. The molecule has 0 radical (unpaired) electrons. The molecule has 2 atom stereocenters. The molecule has 3 rings (SSSR count). The standard InChI is InChI=1S/C21H21N3O3/c1-12-3-7-14(8-4-12)17(25)11-16(18-20(22)23-24-21(18)27)19(26)15-9-5-13(2)6-10-15/h3-10,16,18H,11H2,1-2H3,(H2,22,23)(H,24,27). The van der Waals surface area contributed by atoms with E-state index >= 15 is 0 Å². The quantitative estimate of drug-likeness (QED) is 0.769. The van der Waals surface area contributed by atoms with Gasteiger partial charge >= 0.3 is 0 Å². The number of carbonyl (C=O) groups excluding carboxylic acids is 3. The van der Waals surface area contributed by atoms with Crippen molar-refractivity contribution >= 4 is 23.3 Å². The van der Waals surface area contributed by atoms with Crippen molar-refractivity contribution in [3.05, 3.63) is 70.8 Å². The number of amides is 1. The Bertz CT molecular complexity index is 915. The van der Waals surface area contributed by atoms with Gasteiger partial charge in [0.2, 0.25) is 0 Å². The highest BCUT2D eigenvalue weighted by molar-refractivity contribution is 6.13. The van der Waals surface area contributed by atoms with Crippen molar-refractivity contribution in [1.29, 1.82) is 0 Å². The third-order valence-corrected chi connectivity index (χ3v) is 4.75. The van der Waals surface area contributed by atoms with Gasteiger partial charge in [0.05, 0.1) is 0 Å². The van der Waals surface area contributed by atoms with Gasteiger partial charge in [0.25, 0.3) is 5.91 Å². The molecule has 0 spiro atoms. The average molecular weight is 363 g/mol. The molecule has 138 valence electrons. The topological polar surface area (TPSA) is 102 Å². The molecule has 0 aromatic heterocycles. The maximum Gasteiger partial charge on any atom is 0.251 e. The molecule has 6 nitrogen and oxygen atoms in total. The summed E-state index contributed by atoms with van der Waals surface area (Å²) in [6.45, 7) is 3.85. The molecule has 1 amide bonds. The number of benzene rings is 2. The van der Waals surface area contributed by atoms with Crippen molar-refractivity contribution in [2.24, 2.45) is 22.7 Å². The zero-order chi connectivity index (χ0) is 19.6. The van der Waals surface area contributed by atoms with Crippen LogP contribution in [0.3, 0.4) is 0 Å². The molecule has 2 aromatic carbocycles. The van der Waals surface area contributed by atoms with Crippen LogP contribution in [0.1, 0.15) is 38.3 Å². The summed E-state index contributed by atoms with van der Waals surface area (Å²) >= 11 is 0. The van der Waals surface area contributed by atoms with Crippen LogP contribution < -0.4 is 11.2 Å². The molecule has 6 heteroatoms. The molecule has 1 aliphatic heterocycles. The molecule has 0 bridgehead atoms. The first-order valence-electron chi connectivity index (χ1n) is 8.70. The second-order valence-corrected chi connectivity index (χ2v) is 6.82. The lowest BCUT2D eigenvalue weighted by atomic mass is 9.80. The summed E-state index contributed by atoms with van der Waals surface area (Å²) in [5, 5.41) is 3.73. The first-order chi connectivity index (χ1) is 12.9. The van der Waals surface area contributed by atoms with Crippen LogP contribution in [-0.4, -0.2) is 23.3 Å². The number of nitrogens with two attached hydrogens (primary N) is 1. The van der Waals surface area contributed by atoms with Crippen LogP contribution in [0.15, 0.2) is 53.6 Å². The SMILES string of the molecule is Cc1ccc(C(=O)CC(C(=O)c2ccc(C)cc2)C2C(=O)NN=C2N)cc1. The van der Waals surface area contributed by atoms with Gasteiger partial charge in [0, 0.05) is 23.5 Å². The molecule has 0 saturated carbocycles.